The molecule has 6 heteroatoms. The van der Waals surface area contributed by atoms with Crippen LogP contribution in [0.1, 0.15) is 43.8 Å². The van der Waals surface area contributed by atoms with Crippen LogP contribution in [0.5, 0.6) is 0 Å². The van der Waals surface area contributed by atoms with Crippen LogP contribution in [-0.4, -0.2) is 31.3 Å². The van der Waals surface area contributed by atoms with E-state index in [9.17, 15) is 0 Å². The van der Waals surface area contributed by atoms with E-state index in [4.69, 9.17) is 0 Å². The number of hydrogen-bond acceptors (Lipinski definition) is 4. The highest BCUT2D eigenvalue weighted by molar-refractivity contribution is 4.99. The van der Waals surface area contributed by atoms with Gasteiger partial charge in [0.05, 0.1) is 24.5 Å². The summed E-state index contributed by atoms with van der Waals surface area (Å²) in [7, 11) is 0. The summed E-state index contributed by atoms with van der Waals surface area (Å²) in [5, 5.41) is 15.8. The highest BCUT2D eigenvalue weighted by atomic mass is 15.4. The molecule has 1 fully saturated rings. The van der Waals surface area contributed by atoms with Gasteiger partial charge in [0.2, 0.25) is 0 Å². The summed E-state index contributed by atoms with van der Waals surface area (Å²) in [5.74, 6) is 0. The van der Waals surface area contributed by atoms with E-state index in [0.29, 0.717) is 6.04 Å². The normalized spacial score (nSPS) is 16.6. The van der Waals surface area contributed by atoms with Crippen molar-refractivity contribution in [3.63, 3.8) is 0 Å². The monoisotopic (exact) mass is 274 g/mol. The molecule has 108 valence electrons. The average molecular weight is 274 g/mol. The largest absolute Gasteiger partial charge is 0.309 e. The van der Waals surface area contributed by atoms with Gasteiger partial charge in [0.1, 0.15) is 0 Å². The van der Waals surface area contributed by atoms with E-state index in [1.165, 1.54) is 32.1 Å². The molecule has 2 heterocycles. The molecule has 1 aliphatic rings. The van der Waals surface area contributed by atoms with Gasteiger partial charge in [0, 0.05) is 25.5 Å². The lowest BCUT2D eigenvalue weighted by molar-refractivity contribution is 0.327. The fourth-order valence-electron chi connectivity index (χ4n) is 2.78. The van der Waals surface area contributed by atoms with Crippen LogP contribution in [-0.2, 0) is 13.1 Å². The van der Waals surface area contributed by atoms with Crippen LogP contribution in [0.15, 0.2) is 24.7 Å². The van der Waals surface area contributed by atoms with Gasteiger partial charge in [0.15, 0.2) is 0 Å². The highest BCUT2D eigenvalue weighted by Crippen LogP contribution is 2.27. The third-order valence-corrected chi connectivity index (χ3v) is 3.91. The molecule has 20 heavy (non-hydrogen) atoms. The van der Waals surface area contributed by atoms with Crippen molar-refractivity contribution in [3.05, 3.63) is 30.4 Å². The lowest BCUT2D eigenvalue weighted by atomic mass is 9.96. The molecule has 1 saturated carbocycles. The topological polar surface area (TPSA) is 60.6 Å². The number of nitrogens with zero attached hydrogens (tertiary/aromatic N) is 5. The average Bonchev–Trinajstić information content (AvgIpc) is 3.16. The third kappa shape index (κ3) is 3.45. The molecule has 6 nitrogen and oxygen atoms in total. The van der Waals surface area contributed by atoms with E-state index < -0.39 is 0 Å². The number of aromatic nitrogens is 5. The minimum absolute atomic E-state index is 0.618. The maximum Gasteiger partial charge on any atom is 0.0762 e. The molecule has 0 spiro atoms. The summed E-state index contributed by atoms with van der Waals surface area (Å²) in [6.07, 6.45) is 12.3. The van der Waals surface area contributed by atoms with Crippen molar-refractivity contribution in [2.24, 2.45) is 0 Å². The zero-order chi connectivity index (χ0) is 13.6. The molecule has 0 atom stereocenters. The quantitative estimate of drug-likeness (QED) is 0.816. The summed E-state index contributed by atoms with van der Waals surface area (Å²) in [6, 6.07) is 2.74. The van der Waals surface area contributed by atoms with Crippen LogP contribution in [0.3, 0.4) is 0 Å². The van der Waals surface area contributed by atoms with Crippen molar-refractivity contribution in [1.82, 2.24) is 30.1 Å². The first-order chi connectivity index (χ1) is 9.92. The van der Waals surface area contributed by atoms with E-state index in [1.54, 1.807) is 6.20 Å². The Kier molecular flexibility index (Phi) is 4.42. The number of nitrogens with one attached hydrogen (secondary N) is 1. The van der Waals surface area contributed by atoms with Crippen LogP contribution >= 0.6 is 0 Å². The Bertz CT molecular complexity index is 497. The van der Waals surface area contributed by atoms with Gasteiger partial charge in [-0.15, -0.1) is 5.10 Å². The smallest absolute Gasteiger partial charge is 0.0762 e. The lowest BCUT2D eigenvalue weighted by Crippen LogP contribution is -2.20. The second-order valence-corrected chi connectivity index (χ2v) is 5.42. The number of hydrogen-bond donors (Lipinski definition) is 1. The maximum atomic E-state index is 4.69. The molecule has 3 rings (SSSR count). The molecule has 0 aromatic carbocycles. The van der Waals surface area contributed by atoms with Crippen LogP contribution in [0.25, 0.3) is 0 Å². The molecule has 1 N–H and O–H groups in total. The number of rotatable bonds is 6. The van der Waals surface area contributed by atoms with Crippen molar-refractivity contribution in [3.8, 4) is 0 Å². The summed E-state index contributed by atoms with van der Waals surface area (Å²) in [4.78, 5) is 0. The van der Waals surface area contributed by atoms with Gasteiger partial charge in [-0.3, -0.25) is 9.36 Å². The van der Waals surface area contributed by atoms with Crippen LogP contribution in [0.4, 0.5) is 0 Å². The van der Waals surface area contributed by atoms with E-state index in [2.05, 4.69) is 37.7 Å². The van der Waals surface area contributed by atoms with Crippen molar-refractivity contribution in [1.29, 1.82) is 0 Å². The predicted molar refractivity (Wildman–Crippen MR) is 76.1 cm³/mol. The van der Waals surface area contributed by atoms with E-state index in [1.807, 2.05) is 10.9 Å². The molecule has 0 amide bonds. The SMILES string of the molecule is c1cn(CCNCc2ccn(C3CCCCC3)n2)nn1. The van der Waals surface area contributed by atoms with E-state index >= 15 is 0 Å². The summed E-state index contributed by atoms with van der Waals surface area (Å²) in [5.41, 5.74) is 1.12. The van der Waals surface area contributed by atoms with E-state index in [-0.39, 0.29) is 0 Å². The second kappa shape index (κ2) is 6.65. The Morgan fingerprint density at radius 1 is 1.20 bits per heavy atom. The van der Waals surface area contributed by atoms with E-state index in [0.717, 1.165) is 25.3 Å². The van der Waals surface area contributed by atoms with Gasteiger partial charge in [-0.05, 0) is 18.9 Å². The van der Waals surface area contributed by atoms with Gasteiger partial charge in [-0.1, -0.05) is 24.5 Å². The van der Waals surface area contributed by atoms with Crippen LogP contribution < -0.4 is 5.32 Å². The zero-order valence-electron chi connectivity index (χ0n) is 11.8. The molecule has 0 saturated heterocycles. The standard InChI is InChI=1S/C14H22N6/c1-2-4-14(5-3-1)20-9-6-13(17-20)12-15-7-10-19-11-8-16-18-19/h6,8-9,11,14-15H,1-5,7,10,12H2. The van der Waals surface area contributed by atoms with Crippen molar-refractivity contribution in [2.45, 2.75) is 51.2 Å². The molecule has 0 aliphatic heterocycles. The second-order valence-electron chi connectivity index (χ2n) is 5.42. The van der Waals surface area contributed by atoms with Gasteiger partial charge in [-0.2, -0.15) is 5.10 Å². The fourth-order valence-corrected chi connectivity index (χ4v) is 2.78. The summed E-state index contributed by atoms with van der Waals surface area (Å²) < 4.78 is 3.99. The first-order valence-corrected chi connectivity index (χ1v) is 7.51. The van der Waals surface area contributed by atoms with Gasteiger partial charge in [-0.25, -0.2) is 0 Å². The van der Waals surface area contributed by atoms with Crippen molar-refractivity contribution >= 4 is 0 Å². The molecule has 2 aromatic heterocycles. The Balaban J connectivity index is 1.42. The third-order valence-electron chi connectivity index (χ3n) is 3.91. The van der Waals surface area contributed by atoms with Crippen molar-refractivity contribution < 1.29 is 0 Å². The van der Waals surface area contributed by atoms with Gasteiger partial charge >= 0.3 is 0 Å². The molecule has 0 unspecified atom stereocenters. The molecular formula is C14H22N6. The van der Waals surface area contributed by atoms with Crippen LogP contribution in [0, 0.1) is 0 Å². The Hall–Kier alpha value is -1.69. The summed E-state index contributed by atoms with van der Waals surface area (Å²) in [6.45, 7) is 2.53. The molecule has 0 bridgehead atoms. The molecular weight excluding hydrogens is 252 g/mol. The minimum atomic E-state index is 0.618. The summed E-state index contributed by atoms with van der Waals surface area (Å²) >= 11 is 0. The molecule has 1 aliphatic carbocycles. The first-order valence-electron chi connectivity index (χ1n) is 7.51. The minimum Gasteiger partial charge on any atom is -0.309 e. The van der Waals surface area contributed by atoms with Crippen molar-refractivity contribution in [2.75, 3.05) is 6.54 Å². The predicted octanol–water partition coefficient (Wildman–Crippen LogP) is 1.77. The van der Waals surface area contributed by atoms with Gasteiger partial charge < -0.3 is 5.32 Å². The Morgan fingerprint density at radius 3 is 2.90 bits per heavy atom. The first kappa shape index (κ1) is 13.3. The Morgan fingerprint density at radius 2 is 2.10 bits per heavy atom. The molecule has 0 radical (unpaired) electrons. The lowest BCUT2D eigenvalue weighted by Gasteiger charge is -2.21. The maximum absolute atomic E-state index is 4.69. The van der Waals surface area contributed by atoms with Gasteiger partial charge in [0.25, 0.3) is 0 Å². The fraction of sp³-hybridized carbons (Fsp3) is 0.643. The highest BCUT2D eigenvalue weighted by Gasteiger charge is 2.15. The zero-order valence-corrected chi connectivity index (χ0v) is 11.8. The molecule has 2 aromatic rings. The van der Waals surface area contributed by atoms with Crippen LogP contribution in [0.2, 0.25) is 0 Å². The Labute approximate surface area is 119 Å².